The molecule has 0 radical (unpaired) electrons. The second kappa shape index (κ2) is 8.11. The summed E-state index contributed by atoms with van der Waals surface area (Å²) in [6, 6.07) is 8.54. The molecule has 0 spiro atoms. The Morgan fingerprint density at radius 3 is 2.81 bits per heavy atom. The smallest absolute Gasteiger partial charge is 0.239 e. The zero-order valence-corrected chi connectivity index (χ0v) is 13.5. The zero-order valence-electron chi connectivity index (χ0n) is 11.8. The van der Waals surface area contributed by atoms with Gasteiger partial charge in [-0.15, -0.1) is 22.0 Å². The number of amides is 1. The Balaban J connectivity index is 1.71. The van der Waals surface area contributed by atoms with E-state index in [1.165, 1.54) is 21.8 Å². The van der Waals surface area contributed by atoms with E-state index in [1.807, 2.05) is 11.8 Å². The van der Waals surface area contributed by atoms with Gasteiger partial charge in [-0.25, -0.2) is 0 Å². The highest BCUT2D eigenvalue weighted by Gasteiger charge is 2.06. The highest BCUT2D eigenvalue weighted by atomic mass is 32.2. The highest BCUT2D eigenvalue weighted by molar-refractivity contribution is 7.99. The van der Waals surface area contributed by atoms with Crippen molar-refractivity contribution in [2.45, 2.75) is 24.7 Å². The molecule has 0 aliphatic rings. The molecule has 0 saturated heterocycles. The molecule has 1 aromatic carbocycles. The molecule has 1 heterocycles. The third kappa shape index (κ3) is 5.45. The second-order valence-corrected chi connectivity index (χ2v) is 6.75. The number of aromatic nitrogens is 2. The third-order valence-corrected chi connectivity index (χ3v) is 4.72. The van der Waals surface area contributed by atoms with Gasteiger partial charge < -0.3 is 5.73 Å². The van der Waals surface area contributed by atoms with Gasteiger partial charge in [0.2, 0.25) is 11.0 Å². The molecule has 1 aromatic heterocycles. The summed E-state index contributed by atoms with van der Waals surface area (Å²) in [6.45, 7) is 2.05. The van der Waals surface area contributed by atoms with Crippen LogP contribution >= 0.6 is 23.1 Å². The summed E-state index contributed by atoms with van der Waals surface area (Å²) in [5.41, 5.74) is 6.51. The number of carbonyl (C=O) groups is 1. The number of hydrogen-bond acceptors (Lipinski definition) is 6. The second-order valence-electron chi connectivity index (χ2n) is 4.52. The number of benzene rings is 1. The lowest BCUT2D eigenvalue weighted by atomic mass is 10.2. The van der Waals surface area contributed by atoms with Crippen LogP contribution in [0.5, 0.6) is 0 Å². The number of rotatable bonds is 7. The first-order valence-electron chi connectivity index (χ1n) is 6.69. The third-order valence-electron chi connectivity index (χ3n) is 2.72. The van der Waals surface area contributed by atoms with E-state index in [-0.39, 0.29) is 12.5 Å². The Kier molecular flexibility index (Phi) is 6.16. The van der Waals surface area contributed by atoms with Crippen LogP contribution in [0.2, 0.25) is 0 Å². The Hall–Kier alpha value is -1.44. The minimum absolute atomic E-state index is 0.0396. The van der Waals surface area contributed by atoms with Crippen molar-refractivity contribution in [1.82, 2.24) is 10.2 Å². The molecule has 2 rings (SSSR count). The van der Waals surface area contributed by atoms with Crippen molar-refractivity contribution in [2.24, 2.45) is 5.73 Å². The van der Waals surface area contributed by atoms with Crippen LogP contribution in [0.25, 0.3) is 0 Å². The van der Waals surface area contributed by atoms with Crippen LogP contribution in [0.1, 0.15) is 17.0 Å². The first-order valence-corrected chi connectivity index (χ1v) is 8.49. The van der Waals surface area contributed by atoms with Gasteiger partial charge in [-0.05, 0) is 31.2 Å². The molecule has 2 aromatic rings. The first kappa shape index (κ1) is 15.9. The molecule has 0 atom stereocenters. The molecule has 0 bridgehead atoms. The Labute approximate surface area is 132 Å². The van der Waals surface area contributed by atoms with E-state index in [2.05, 4.69) is 46.7 Å². The summed E-state index contributed by atoms with van der Waals surface area (Å²) in [4.78, 5) is 12.4. The number of hydrogen-bond donors (Lipinski definition) is 2. The molecular formula is C14H18N4OS2. The molecule has 1 amide bonds. The van der Waals surface area contributed by atoms with Crippen molar-refractivity contribution in [1.29, 1.82) is 0 Å². The maximum Gasteiger partial charge on any atom is 0.239 e. The fraction of sp³-hybridized carbons (Fsp3) is 0.357. The molecule has 0 aliphatic heterocycles. The predicted molar refractivity (Wildman–Crippen MR) is 87.8 cm³/mol. The Bertz CT molecular complexity index is 583. The summed E-state index contributed by atoms with van der Waals surface area (Å²) >= 11 is 3.25. The number of anilines is 1. The van der Waals surface area contributed by atoms with Gasteiger partial charge in [0, 0.05) is 11.3 Å². The molecular weight excluding hydrogens is 304 g/mol. The standard InChI is InChI=1S/C14H18N4OS2/c1-10-4-6-11(7-5-10)20-8-2-3-13-17-18-14(21-13)16-12(19)9-15/h4-7H,2-3,8-9,15H2,1H3,(H,16,18,19). The van der Waals surface area contributed by atoms with Gasteiger partial charge in [0.1, 0.15) is 5.01 Å². The van der Waals surface area contributed by atoms with Gasteiger partial charge in [-0.2, -0.15) is 0 Å². The lowest BCUT2D eigenvalue weighted by Gasteiger charge is -2.01. The molecule has 5 nitrogen and oxygen atoms in total. The van der Waals surface area contributed by atoms with Gasteiger partial charge in [0.25, 0.3) is 0 Å². The van der Waals surface area contributed by atoms with Crippen molar-refractivity contribution in [3.63, 3.8) is 0 Å². The minimum atomic E-state index is -0.243. The van der Waals surface area contributed by atoms with E-state index in [0.717, 1.165) is 23.6 Å². The quantitative estimate of drug-likeness (QED) is 0.604. The van der Waals surface area contributed by atoms with Gasteiger partial charge in [-0.1, -0.05) is 29.0 Å². The molecule has 112 valence electrons. The normalized spacial score (nSPS) is 10.6. The molecule has 0 aliphatic carbocycles. The molecule has 21 heavy (non-hydrogen) atoms. The van der Waals surface area contributed by atoms with Gasteiger partial charge >= 0.3 is 0 Å². The van der Waals surface area contributed by atoms with Crippen LogP contribution in [0.3, 0.4) is 0 Å². The highest BCUT2D eigenvalue weighted by Crippen LogP contribution is 2.21. The van der Waals surface area contributed by atoms with E-state index >= 15 is 0 Å². The van der Waals surface area contributed by atoms with Crippen LogP contribution in [0.15, 0.2) is 29.2 Å². The van der Waals surface area contributed by atoms with Crippen LogP contribution in [0.4, 0.5) is 5.13 Å². The van der Waals surface area contributed by atoms with Crippen molar-refractivity contribution in [2.75, 3.05) is 17.6 Å². The zero-order chi connectivity index (χ0) is 15.1. The molecule has 0 unspecified atom stereocenters. The molecule has 7 heteroatoms. The Morgan fingerprint density at radius 2 is 2.10 bits per heavy atom. The number of nitrogens with one attached hydrogen (secondary N) is 1. The number of nitrogens with zero attached hydrogens (tertiary/aromatic N) is 2. The summed E-state index contributed by atoms with van der Waals surface area (Å²) < 4.78 is 0. The lowest BCUT2D eigenvalue weighted by molar-refractivity contribution is -0.114. The van der Waals surface area contributed by atoms with E-state index in [1.54, 1.807) is 0 Å². The van der Waals surface area contributed by atoms with Crippen LogP contribution in [0, 0.1) is 6.92 Å². The fourth-order valence-electron chi connectivity index (χ4n) is 1.62. The lowest BCUT2D eigenvalue weighted by Crippen LogP contribution is -2.21. The predicted octanol–water partition coefficient (Wildman–Crippen LogP) is 2.47. The summed E-state index contributed by atoms with van der Waals surface area (Å²) in [7, 11) is 0. The number of thioether (sulfide) groups is 1. The molecule has 3 N–H and O–H groups in total. The van der Waals surface area contributed by atoms with Gasteiger partial charge in [0.15, 0.2) is 0 Å². The summed E-state index contributed by atoms with van der Waals surface area (Å²) in [6.07, 6.45) is 1.90. The van der Waals surface area contributed by atoms with E-state index in [9.17, 15) is 4.79 Å². The van der Waals surface area contributed by atoms with E-state index in [4.69, 9.17) is 5.73 Å². The number of aryl methyl sites for hydroxylation is 2. The largest absolute Gasteiger partial charge is 0.322 e. The number of nitrogens with two attached hydrogens (primary N) is 1. The number of carbonyl (C=O) groups excluding carboxylic acids is 1. The van der Waals surface area contributed by atoms with Crippen molar-refractivity contribution < 1.29 is 4.79 Å². The molecule has 0 fully saturated rings. The van der Waals surface area contributed by atoms with E-state index in [0.29, 0.717) is 5.13 Å². The van der Waals surface area contributed by atoms with Crippen molar-refractivity contribution >= 4 is 34.1 Å². The summed E-state index contributed by atoms with van der Waals surface area (Å²) in [5.74, 6) is 0.792. The van der Waals surface area contributed by atoms with Crippen LogP contribution in [-0.4, -0.2) is 28.4 Å². The molecule has 0 saturated carbocycles. The van der Waals surface area contributed by atoms with Crippen molar-refractivity contribution in [3.05, 3.63) is 34.8 Å². The average molecular weight is 322 g/mol. The Morgan fingerprint density at radius 1 is 1.33 bits per heavy atom. The summed E-state index contributed by atoms with van der Waals surface area (Å²) in [5, 5.41) is 12.1. The maximum atomic E-state index is 11.1. The van der Waals surface area contributed by atoms with Crippen LogP contribution < -0.4 is 11.1 Å². The van der Waals surface area contributed by atoms with Crippen LogP contribution in [-0.2, 0) is 11.2 Å². The van der Waals surface area contributed by atoms with Crippen molar-refractivity contribution in [3.8, 4) is 0 Å². The maximum absolute atomic E-state index is 11.1. The first-order chi connectivity index (χ1) is 10.2. The monoisotopic (exact) mass is 322 g/mol. The average Bonchev–Trinajstić information content (AvgIpc) is 2.93. The minimum Gasteiger partial charge on any atom is -0.322 e. The van der Waals surface area contributed by atoms with Gasteiger partial charge in [0.05, 0.1) is 6.54 Å². The van der Waals surface area contributed by atoms with Gasteiger partial charge in [-0.3, -0.25) is 10.1 Å². The topological polar surface area (TPSA) is 80.9 Å². The van der Waals surface area contributed by atoms with E-state index < -0.39 is 0 Å². The fourth-order valence-corrected chi connectivity index (χ4v) is 3.27. The SMILES string of the molecule is Cc1ccc(SCCCc2nnc(NC(=O)CN)s2)cc1.